The molecule has 4 rings (SSSR count). The predicted octanol–water partition coefficient (Wildman–Crippen LogP) is 5.72. The standard InChI is InChI=1S/C23H21NO2/c1-2-16-7-9-17(10-8-16)11-14-23(25)24-18-12-13-20-19-5-3-4-6-21(19)26-22(20)15-18/h3-10,12-13,15H,2,11,14H2,1H3,(H,24,25). The Morgan fingerprint density at radius 3 is 2.42 bits per heavy atom. The number of para-hydroxylation sites is 1. The van der Waals surface area contributed by atoms with E-state index < -0.39 is 0 Å². The summed E-state index contributed by atoms with van der Waals surface area (Å²) in [5.74, 6) is 0.0139. The Balaban J connectivity index is 1.44. The van der Waals surface area contributed by atoms with Crippen LogP contribution in [-0.2, 0) is 17.6 Å². The molecule has 4 aromatic rings. The Morgan fingerprint density at radius 2 is 1.62 bits per heavy atom. The zero-order valence-electron chi connectivity index (χ0n) is 14.8. The lowest BCUT2D eigenvalue weighted by molar-refractivity contribution is -0.116. The van der Waals surface area contributed by atoms with E-state index in [1.165, 1.54) is 11.1 Å². The largest absolute Gasteiger partial charge is 0.456 e. The van der Waals surface area contributed by atoms with Crippen LogP contribution in [0.25, 0.3) is 21.9 Å². The van der Waals surface area contributed by atoms with E-state index in [0.29, 0.717) is 6.42 Å². The molecule has 1 aromatic heterocycles. The topological polar surface area (TPSA) is 42.2 Å². The molecule has 0 saturated heterocycles. The van der Waals surface area contributed by atoms with Crippen LogP contribution in [0.1, 0.15) is 24.5 Å². The van der Waals surface area contributed by atoms with Crippen molar-refractivity contribution in [1.29, 1.82) is 0 Å². The van der Waals surface area contributed by atoms with Crippen LogP contribution in [0.2, 0.25) is 0 Å². The number of benzene rings is 3. The Hall–Kier alpha value is -3.07. The minimum Gasteiger partial charge on any atom is -0.456 e. The van der Waals surface area contributed by atoms with Crippen LogP contribution in [0.3, 0.4) is 0 Å². The molecule has 1 heterocycles. The van der Waals surface area contributed by atoms with Crippen molar-refractivity contribution in [1.82, 2.24) is 0 Å². The van der Waals surface area contributed by atoms with Gasteiger partial charge in [-0.25, -0.2) is 0 Å². The maximum atomic E-state index is 12.3. The summed E-state index contributed by atoms with van der Waals surface area (Å²) in [6, 6.07) is 22.2. The lowest BCUT2D eigenvalue weighted by Crippen LogP contribution is -2.12. The summed E-state index contributed by atoms with van der Waals surface area (Å²) in [6.45, 7) is 2.14. The van der Waals surface area contributed by atoms with E-state index in [0.717, 1.165) is 40.5 Å². The Morgan fingerprint density at radius 1 is 0.885 bits per heavy atom. The van der Waals surface area contributed by atoms with Gasteiger partial charge in [0.05, 0.1) is 0 Å². The predicted molar refractivity (Wildman–Crippen MR) is 106 cm³/mol. The molecule has 3 heteroatoms. The van der Waals surface area contributed by atoms with Gasteiger partial charge in [-0.3, -0.25) is 4.79 Å². The number of furan rings is 1. The fraction of sp³-hybridized carbons (Fsp3) is 0.174. The van der Waals surface area contributed by atoms with Gasteiger partial charge < -0.3 is 9.73 Å². The lowest BCUT2D eigenvalue weighted by Gasteiger charge is -2.06. The molecule has 0 bridgehead atoms. The molecule has 0 aliphatic rings. The molecule has 130 valence electrons. The number of rotatable bonds is 5. The SMILES string of the molecule is CCc1ccc(CCC(=O)Nc2ccc3c(c2)oc2ccccc23)cc1. The van der Waals surface area contributed by atoms with Crippen LogP contribution < -0.4 is 5.32 Å². The first-order chi connectivity index (χ1) is 12.7. The van der Waals surface area contributed by atoms with Crippen LogP contribution in [0.15, 0.2) is 71.1 Å². The number of fused-ring (bicyclic) bond motifs is 3. The normalized spacial score (nSPS) is 11.1. The highest BCUT2D eigenvalue weighted by molar-refractivity contribution is 6.06. The molecule has 3 aromatic carbocycles. The highest BCUT2D eigenvalue weighted by Crippen LogP contribution is 2.30. The van der Waals surface area contributed by atoms with Gasteiger partial charge in [-0.15, -0.1) is 0 Å². The summed E-state index contributed by atoms with van der Waals surface area (Å²) < 4.78 is 5.87. The smallest absolute Gasteiger partial charge is 0.224 e. The van der Waals surface area contributed by atoms with Crippen molar-refractivity contribution in [3.05, 3.63) is 77.9 Å². The van der Waals surface area contributed by atoms with Crippen LogP contribution in [0.4, 0.5) is 5.69 Å². The third-order valence-electron chi connectivity index (χ3n) is 4.73. The van der Waals surface area contributed by atoms with E-state index >= 15 is 0 Å². The number of carbonyl (C=O) groups is 1. The lowest BCUT2D eigenvalue weighted by atomic mass is 10.1. The molecular weight excluding hydrogens is 322 g/mol. The van der Waals surface area contributed by atoms with Gasteiger partial charge in [0.1, 0.15) is 11.2 Å². The molecule has 0 saturated carbocycles. The number of carbonyl (C=O) groups excluding carboxylic acids is 1. The van der Waals surface area contributed by atoms with Gasteiger partial charge in [-0.2, -0.15) is 0 Å². The summed E-state index contributed by atoms with van der Waals surface area (Å²) >= 11 is 0. The van der Waals surface area contributed by atoms with Crippen LogP contribution in [0.5, 0.6) is 0 Å². The van der Waals surface area contributed by atoms with E-state index in [4.69, 9.17) is 4.42 Å². The molecule has 0 unspecified atom stereocenters. The van der Waals surface area contributed by atoms with Gasteiger partial charge >= 0.3 is 0 Å². The van der Waals surface area contributed by atoms with Crippen molar-refractivity contribution in [2.45, 2.75) is 26.2 Å². The van der Waals surface area contributed by atoms with E-state index in [-0.39, 0.29) is 5.91 Å². The Kier molecular flexibility index (Phi) is 4.44. The summed E-state index contributed by atoms with van der Waals surface area (Å²) in [5.41, 5.74) is 4.92. The molecule has 0 spiro atoms. The zero-order valence-corrected chi connectivity index (χ0v) is 14.8. The van der Waals surface area contributed by atoms with Crippen molar-refractivity contribution in [2.24, 2.45) is 0 Å². The first-order valence-corrected chi connectivity index (χ1v) is 9.02. The first-order valence-electron chi connectivity index (χ1n) is 9.02. The third-order valence-corrected chi connectivity index (χ3v) is 4.73. The average Bonchev–Trinajstić information content (AvgIpc) is 3.04. The molecule has 3 nitrogen and oxygen atoms in total. The van der Waals surface area contributed by atoms with Gasteiger partial charge in [0.2, 0.25) is 5.91 Å². The first kappa shape index (κ1) is 16.4. The summed E-state index contributed by atoms with van der Waals surface area (Å²) in [5, 5.41) is 5.13. The minimum atomic E-state index is 0.0139. The number of hydrogen-bond acceptors (Lipinski definition) is 2. The third kappa shape index (κ3) is 3.33. The highest BCUT2D eigenvalue weighted by Gasteiger charge is 2.09. The quantitative estimate of drug-likeness (QED) is 0.503. The van der Waals surface area contributed by atoms with E-state index in [1.54, 1.807) is 0 Å². The second kappa shape index (κ2) is 7.04. The van der Waals surface area contributed by atoms with Gasteiger partial charge in [0.15, 0.2) is 0 Å². The number of aryl methyl sites for hydroxylation is 2. The van der Waals surface area contributed by atoms with Crippen LogP contribution in [0, 0.1) is 0 Å². The monoisotopic (exact) mass is 343 g/mol. The van der Waals surface area contributed by atoms with Crippen molar-refractivity contribution >= 4 is 33.5 Å². The van der Waals surface area contributed by atoms with Crippen LogP contribution in [-0.4, -0.2) is 5.91 Å². The number of amides is 1. The van der Waals surface area contributed by atoms with E-state index in [2.05, 4.69) is 36.5 Å². The summed E-state index contributed by atoms with van der Waals surface area (Å²) in [7, 11) is 0. The fourth-order valence-electron chi connectivity index (χ4n) is 3.23. The second-order valence-electron chi connectivity index (χ2n) is 6.53. The van der Waals surface area contributed by atoms with Crippen molar-refractivity contribution in [2.75, 3.05) is 5.32 Å². The molecule has 26 heavy (non-hydrogen) atoms. The number of anilines is 1. The molecule has 1 amide bonds. The van der Waals surface area contributed by atoms with Gasteiger partial charge in [0.25, 0.3) is 0 Å². The summed E-state index contributed by atoms with van der Waals surface area (Å²) in [6.07, 6.45) is 2.23. The van der Waals surface area contributed by atoms with Crippen molar-refractivity contribution in [3.8, 4) is 0 Å². The highest BCUT2D eigenvalue weighted by atomic mass is 16.3. The zero-order chi connectivity index (χ0) is 17.9. The molecule has 0 aliphatic heterocycles. The van der Waals surface area contributed by atoms with Crippen LogP contribution >= 0.6 is 0 Å². The number of nitrogens with one attached hydrogen (secondary N) is 1. The Labute approximate surface area is 152 Å². The maximum absolute atomic E-state index is 12.3. The Bertz CT molecular complexity index is 1060. The van der Waals surface area contributed by atoms with Gasteiger partial charge in [-0.1, -0.05) is 49.4 Å². The van der Waals surface area contributed by atoms with Crippen molar-refractivity contribution < 1.29 is 9.21 Å². The van der Waals surface area contributed by atoms with E-state index in [1.807, 2.05) is 42.5 Å². The average molecular weight is 343 g/mol. The summed E-state index contributed by atoms with van der Waals surface area (Å²) in [4.78, 5) is 12.3. The molecular formula is C23H21NO2. The molecule has 0 fully saturated rings. The van der Waals surface area contributed by atoms with Gasteiger partial charge in [-0.05, 0) is 42.2 Å². The fourth-order valence-corrected chi connectivity index (χ4v) is 3.23. The van der Waals surface area contributed by atoms with Gasteiger partial charge in [0, 0.05) is 28.9 Å². The second-order valence-corrected chi connectivity index (χ2v) is 6.53. The minimum absolute atomic E-state index is 0.0139. The number of hydrogen-bond donors (Lipinski definition) is 1. The molecule has 0 radical (unpaired) electrons. The maximum Gasteiger partial charge on any atom is 0.224 e. The molecule has 0 atom stereocenters. The molecule has 1 N–H and O–H groups in total. The molecule has 0 aliphatic carbocycles. The van der Waals surface area contributed by atoms with E-state index in [9.17, 15) is 4.79 Å². The van der Waals surface area contributed by atoms with Crippen molar-refractivity contribution in [3.63, 3.8) is 0 Å².